The van der Waals surface area contributed by atoms with Gasteiger partial charge in [-0.25, -0.2) is 0 Å². The zero-order valence-corrected chi connectivity index (χ0v) is 19.2. The van der Waals surface area contributed by atoms with Gasteiger partial charge in [0.25, 0.3) is 0 Å². The topological polar surface area (TPSA) is 65.5 Å². The van der Waals surface area contributed by atoms with Crippen molar-refractivity contribution in [2.24, 2.45) is 5.92 Å². The van der Waals surface area contributed by atoms with Gasteiger partial charge in [0.2, 0.25) is 5.95 Å². The molecule has 3 saturated heterocycles. The smallest absolute Gasteiger partial charge is 0.232 e. The number of anilines is 3. The van der Waals surface area contributed by atoms with Crippen molar-refractivity contribution in [1.82, 2.24) is 15.3 Å². The number of hydrogen-bond donors (Lipinski definition) is 2. The SMILES string of the molecule is C[C@@H]1CCCN(c2cc(N3CCCC[C@@H]3C)nc(NC(=S)NC[C@H]3CCCO3)n2)C1. The first-order valence-electron chi connectivity index (χ1n) is 11.7. The minimum Gasteiger partial charge on any atom is -0.376 e. The second kappa shape index (κ2) is 10.1. The summed E-state index contributed by atoms with van der Waals surface area (Å²) in [4.78, 5) is 14.5. The summed E-state index contributed by atoms with van der Waals surface area (Å²) in [6.45, 7) is 9.35. The quantitative estimate of drug-likeness (QED) is 0.685. The summed E-state index contributed by atoms with van der Waals surface area (Å²) >= 11 is 5.53. The van der Waals surface area contributed by atoms with Crippen molar-refractivity contribution in [3.8, 4) is 0 Å². The average Bonchev–Trinajstić information content (AvgIpc) is 3.26. The lowest BCUT2D eigenvalue weighted by atomic mass is 10.0. The molecule has 1 aromatic heterocycles. The molecule has 0 saturated carbocycles. The maximum atomic E-state index is 5.68. The van der Waals surface area contributed by atoms with Crippen LogP contribution in [0.4, 0.5) is 17.6 Å². The van der Waals surface area contributed by atoms with Gasteiger partial charge in [-0.15, -0.1) is 0 Å². The fourth-order valence-electron chi connectivity index (χ4n) is 4.78. The van der Waals surface area contributed by atoms with E-state index in [1.165, 1.54) is 32.1 Å². The van der Waals surface area contributed by atoms with Gasteiger partial charge in [-0.2, -0.15) is 9.97 Å². The summed E-state index contributed by atoms with van der Waals surface area (Å²) in [5, 5.41) is 7.08. The van der Waals surface area contributed by atoms with E-state index in [1.807, 2.05) is 0 Å². The number of hydrogen-bond acceptors (Lipinski definition) is 6. The van der Waals surface area contributed by atoms with Gasteiger partial charge in [0.15, 0.2) is 5.11 Å². The number of nitrogens with one attached hydrogen (secondary N) is 2. The molecule has 4 rings (SSSR count). The molecule has 3 fully saturated rings. The predicted octanol–water partition coefficient (Wildman–Crippen LogP) is 3.56. The van der Waals surface area contributed by atoms with E-state index in [2.05, 4.69) is 40.3 Å². The fraction of sp³-hybridized carbons (Fsp3) is 0.773. The molecule has 0 aromatic carbocycles. The van der Waals surface area contributed by atoms with Gasteiger partial charge in [-0.1, -0.05) is 6.92 Å². The van der Waals surface area contributed by atoms with Crippen LogP contribution < -0.4 is 20.4 Å². The van der Waals surface area contributed by atoms with Crippen LogP contribution in [0.2, 0.25) is 0 Å². The summed E-state index contributed by atoms with van der Waals surface area (Å²) in [6, 6.07) is 2.67. The minimum absolute atomic E-state index is 0.247. The molecule has 0 amide bonds. The molecule has 2 N–H and O–H groups in total. The molecule has 0 spiro atoms. The molecule has 0 radical (unpaired) electrons. The van der Waals surface area contributed by atoms with Crippen LogP contribution >= 0.6 is 12.2 Å². The van der Waals surface area contributed by atoms with Crippen molar-refractivity contribution in [3.63, 3.8) is 0 Å². The molecule has 0 aliphatic carbocycles. The van der Waals surface area contributed by atoms with E-state index in [0.29, 0.717) is 23.0 Å². The molecule has 3 aliphatic rings. The number of aromatic nitrogens is 2. The molecule has 8 heteroatoms. The molecule has 0 unspecified atom stereocenters. The summed E-state index contributed by atoms with van der Waals surface area (Å²) in [6.07, 6.45) is 8.69. The van der Waals surface area contributed by atoms with Crippen LogP contribution in [0, 0.1) is 5.92 Å². The summed E-state index contributed by atoms with van der Waals surface area (Å²) in [5.41, 5.74) is 0. The Balaban J connectivity index is 1.51. The Morgan fingerprint density at radius 3 is 2.73 bits per heavy atom. The normalized spacial score (nSPS) is 27.2. The van der Waals surface area contributed by atoms with Crippen molar-refractivity contribution < 1.29 is 4.74 Å². The first-order chi connectivity index (χ1) is 14.6. The van der Waals surface area contributed by atoms with E-state index in [0.717, 1.165) is 57.3 Å². The molecule has 3 atom stereocenters. The van der Waals surface area contributed by atoms with E-state index in [9.17, 15) is 0 Å². The van der Waals surface area contributed by atoms with Gasteiger partial charge < -0.3 is 25.2 Å². The highest BCUT2D eigenvalue weighted by atomic mass is 32.1. The van der Waals surface area contributed by atoms with Gasteiger partial charge in [-0.05, 0) is 70.0 Å². The Kier molecular flexibility index (Phi) is 7.25. The molecule has 0 bridgehead atoms. The standard InChI is InChI=1S/C22H36N6OS/c1-16-7-5-10-27(15-16)19-13-20(28-11-4-3-8-17(28)2)25-21(24-19)26-22(30)23-14-18-9-6-12-29-18/h13,16-18H,3-12,14-15H2,1-2H3,(H2,23,24,25,26,30)/t16-,17+,18-/m1/s1. The maximum Gasteiger partial charge on any atom is 0.232 e. The van der Waals surface area contributed by atoms with Crippen LogP contribution in [0.1, 0.15) is 58.8 Å². The number of thiocarbonyl (C=S) groups is 1. The molecule has 4 heterocycles. The first kappa shape index (κ1) is 21.6. The fourth-order valence-corrected chi connectivity index (χ4v) is 4.96. The highest BCUT2D eigenvalue weighted by Crippen LogP contribution is 2.29. The van der Waals surface area contributed by atoms with E-state index in [1.54, 1.807) is 0 Å². The lowest BCUT2D eigenvalue weighted by Gasteiger charge is -2.36. The zero-order chi connectivity index (χ0) is 20.9. The molecule has 3 aliphatic heterocycles. The number of piperidine rings is 2. The molecule has 7 nitrogen and oxygen atoms in total. The zero-order valence-electron chi connectivity index (χ0n) is 18.4. The second-order valence-electron chi connectivity index (χ2n) is 9.11. The molecular formula is C22H36N6OS. The summed E-state index contributed by atoms with van der Waals surface area (Å²) in [5.74, 6) is 3.29. The van der Waals surface area contributed by atoms with Gasteiger partial charge in [0.05, 0.1) is 6.10 Å². The van der Waals surface area contributed by atoms with Crippen molar-refractivity contribution in [1.29, 1.82) is 0 Å². The third kappa shape index (κ3) is 5.52. The van der Waals surface area contributed by atoms with Crippen LogP contribution in [0.5, 0.6) is 0 Å². The highest BCUT2D eigenvalue weighted by molar-refractivity contribution is 7.80. The van der Waals surface area contributed by atoms with E-state index in [-0.39, 0.29) is 6.10 Å². The van der Waals surface area contributed by atoms with Crippen LogP contribution in [0.3, 0.4) is 0 Å². The Labute approximate surface area is 186 Å². The van der Waals surface area contributed by atoms with Crippen LogP contribution in [-0.4, -0.2) is 60.0 Å². The van der Waals surface area contributed by atoms with E-state index >= 15 is 0 Å². The number of rotatable bonds is 5. The molecule has 30 heavy (non-hydrogen) atoms. The third-order valence-electron chi connectivity index (χ3n) is 6.52. The first-order valence-corrected chi connectivity index (χ1v) is 12.1. The van der Waals surface area contributed by atoms with Crippen molar-refractivity contribution >= 4 is 34.9 Å². The number of nitrogens with zero attached hydrogens (tertiary/aromatic N) is 4. The Morgan fingerprint density at radius 1 is 1.10 bits per heavy atom. The van der Waals surface area contributed by atoms with Crippen molar-refractivity contribution in [2.45, 2.75) is 70.9 Å². The largest absolute Gasteiger partial charge is 0.376 e. The molecular weight excluding hydrogens is 396 g/mol. The van der Waals surface area contributed by atoms with Gasteiger partial charge in [0, 0.05) is 44.9 Å². The average molecular weight is 433 g/mol. The highest BCUT2D eigenvalue weighted by Gasteiger charge is 2.24. The monoisotopic (exact) mass is 432 g/mol. The maximum absolute atomic E-state index is 5.68. The van der Waals surface area contributed by atoms with Crippen molar-refractivity contribution in [3.05, 3.63) is 6.07 Å². The molecule has 166 valence electrons. The van der Waals surface area contributed by atoms with Crippen LogP contribution in [0.15, 0.2) is 6.07 Å². The minimum atomic E-state index is 0.247. The third-order valence-corrected chi connectivity index (χ3v) is 6.76. The van der Waals surface area contributed by atoms with E-state index in [4.69, 9.17) is 26.9 Å². The van der Waals surface area contributed by atoms with Crippen LogP contribution in [-0.2, 0) is 4.74 Å². The van der Waals surface area contributed by atoms with Gasteiger partial charge in [0.1, 0.15) is 11.6 Å². The van der Waals surface area contributed by atoms with Crippen molar-refractivity contribution in [2.75, 3.05) is 47.9 Å². The second-order valence-corrected chi connectivity index (χ2v) is 9.52. The lowest BCUT2D eigenvalue weighted by Crippen LogP contribution is -2.39. The van der Waals surface area contributed by atoms with Gasteiger partial charge in [-0.3, -0.25) is 0 Å². The Morgan fingerprint density at radius 2 is 1.97 bits per heavy atom. The lowest BCUT2D eigenvalue weighted by molar-refractivity contribution is 0.114. The summed E-state index contributed by atoms with van der Waals surface area (Å²) < 4.78 is 5.68. The Hall–Kier alpha value is -1.67. The van der Waals surface area contributed by atoms with Crippen LogP contribution in [0.25, 0.3) is 0 Å². The number of ether oxygens (including phenoxy) is 1. The van der Waals surface area contributed by atoms with Gasteiger partial charge >= 0.3 is 0 Å². The van der Waals surface area contributed by atoms with E-state index < -0.39 is 0 Å². The molecule has 1 aromatic rings. The predicted molar refractivity (Wildman–Crippen MR) is 126 cm³/mol. The Bertz CT molecular complexity index is 726. The summed E-state index contributed by atoms with van der Waals surface area (Å²) in [7, 11) is 0.